The summed E-state index contributed by atoms with van der Waals surface area (Å²) in [4.78, 5) is 15.5. The molecule has 0 aliphatic heterocycles. The molecule has 0 unspecified atom stereocenters. The topological polar surface area (TPSA) is 80.0 Å². The van der Waals surface area contributed by atoms with Gasteiger partial charge in [-0.3, -0.25) is 9.78 Å². The predicted molar refractivity (Wildman–Crippen MR) is 80.7 cm³/mol. The highest BCUT2D eigenvalue weighted by Crippen LogP contribution is 2.09. The zero-order valence-electron chi connectivity index (χ0n) is 11.4. The van der Waals surface area contributed by atoms with Gasteiger partial charge in [-0.05, 0) is 36.2 Å². The molecule has 0 bridgehead atoms. The van der Waals surface area contributed by atoms with Crippen LogP contribution in [0.3, 0.4) is 0 Å². The van der Waals surface area contributed by atoms with Gasteiger partial charge in [0.25, 0.3) is 5.91 Å². The molecule has 0 fully saturated rings. The maximum absolute atomic E-state index is 11.5. The molecule has 0 atom stereocenters. The quantitative estimate of drug-likeness (QED) is 0.722. The number of rotatable bonds is 5. The molecule has 104 valence electrons. The monoisotopic (exact) mass is 270 g/mol. The van der Waals surface area contributed by atoms with Crippen molar-refractivity contribution in [2.45, 2.75) is 6.42 Å². The van der Waals surface area contributed by atoms with Crippen LogP contribution >= 0.6 is 0 Å². The van der Waals surface area contributed by atoms with Crippen molar-refractivity contribution in [1.29, 1.82) is 0 Å². The third-order valence-electron chi connectivity index (χ3n) is 2.94. The lowest BCUT2D eigenvalue weighted by Gasteiger charge is -2.08. The van der Waals surface area contributed by atoms with Gasteiger partial charge in [-0.1, -0.05) is 12.1 Å². The summed E-state index contributed by atoms with van der Waals surface area (Å²) in [5, 5.41) is 5.83. The molecule has 5 heteroatoms. The summed E-state index contributed by atoms with van der Waals surface area (Å²) in [6.45, 7) is 0.779. The molecule has 4 N–H and O–H groups in total. The number of anilines is 2. The fourth-order valence-corrected chi connectivity index (χ4v) is 1.83. The van der Waals surface area contributed by atoms with Crippen molar-refractivity contribution >= 4 is 17.3 Å². The van der Waals surface area contributed by atoms with Crippen molar-refractivity contribution in [3.63, 3.8) is 0 Å². The number of carbonyl (C=O) groups is 1. The van der Waals surface area contributed by atoms with E-state index >= 15 is 0 Å². The second-order valence-corrected chi connectivity index (χ2v) is 4.43. The normalized spacial score (nSPS) is 10.1. The Bertz CT molecular complexity index is 581. The Labute approximate surface area is 118 Å². The molecule has 1 heterocycles. The van der Waals surface area contributed by atoms with Crippen molar-refractivity contribution in [1.82, 2.24) is 10.3 Å². The SMILES string of the molecule is CNC(=O)c1cc(NCCc2ccc(N)cc2)ccn1. The van der Waals surface area contributed by atoms with Crippen LogP contribution in [0.2, 0.25) is 0 Å². The summed E-state index contributed by atoms with van der Waals surface area (Å²) in [5.41, 5.74) is 8.92. The van der Waals surface area contributed by atoms with Crippen molar-refractivity contribution < 1.29 is 4.79 Å². The Morgan fingerprint density at radius 2 is 2.00 bits per heavy atom. The second kappa shape index (κ2) is 6.56. The molecule has 0 aliphatic carbocycles. The summed E-state index contributed by atoms with van der Waals surface area (Å²) < 4.78 is 0. The summed E-state index contributed by atoms with van der Waals surface area (Å²) in [6.07, 6.45) is 2.51. The number of amides is 1. The van der Waals surface area contributed by atoms with Crippen LogP contribution in [0.15, 0.2) is 42.6 Å². The number of aromatic nitrogens is 1. The summed E-state index contributed by atoms with van der Waals surface area (Å²) in [6, 6.07) is 11.4. The molecule has 1 amide bonds. The van der Waals surface area contributed by atoms with Crippen LogP contribution in [0.1, 0.15) is 16.1 Å². The van der Waals surface area contributed by atoms with Gasteiger partial charge in [0.05, 0.1) is 0 Å². The first-order valence-corrected chi connectivity index (χ1v) is 6.45. The Morgan fingerprint density at radius 3 is 2.70 bits per heavy atom. The number of nitrogens with two attached hydrogens (primary N) is 1. The van der Waals surface area contributed by atoms with E-state index in [1.54, 1.807) is 19.3 Å². The molecule has 0 saturated carbocycles. The fraction of sp³-hybridized carbons (Fsp3) is 0.200. The summed E-state index contributed by atoms with van der Waals surface area (Å²) >= 11 is 0. The van der Waals surface area contributed by atoms with Gasteiger partial charge in [-0.25, -0.2) is 0 Å². The highest BCUT2D eigenvalue weighted by molar-refractivity contribution is 5.92. The lowest BCUT2D eigenvalue weighted by atomic mass is 10.1. The minimum absolute atomic E-state index is 0.188. The molecule has 20 heavy (non-hydrogen) atoms. The number of nitrogen functional groups attached to an aromatic ring is 1. The molecule has 1 aromatic heterocycles. The summed E-state index contributed by atoms with van der Waals surface area (Å²) in [7, 11) is 1.59. The van der Waals surface area contributed by atoms with Gasteiger partial charge in [-0.2, -0.15) is 0 Å². The van der Waals surface area contributed by atoms with Gasteiger partial charge in [0.2, 0.25) is 0 Å². The minimum atomic E-state index is -0.188. The third kappa shape index (κ3) is 3.71. The van der Waals surface area contributed by atoms with Gasteiger partial charge in [0.1, 0.15) is 5.69 Å². The third-order valence-corrected chi connectivity index (χ3v) is 2.94. The average molecular weight is 270 g/mol. The Kier molecular flexibility index (Phi) is 4.55. The number of hydrogen-bond acceptors (Lipinski definition) is 4. The first-order chi connectivity index (χ1) is 9.69. The van der Waals surface area contributed by atoms with Crippen LogP contribution in [0.5, 0.6) is 0 Å². The van der Waals surface area contributed by atoms with Crippen LogP contribution in [-0.2, 0) is 6.42 Å². The number of nitrogens with zero attached hydrogens (tertiary/aromatic N) is 1. The van der Waals surface area contributed by atoms with E-state index in [-0.39, 0.29) is 5.91 Å². The Morgan fingerprint density at radius 1 is 1.25 bits per heavy atom. The van der Waals surface area contributed by atoms with Gasteiger partial charge < -0.3 is 16.4 Å². The van der Waals surface area contributed by atoms with Crippen molar-refractivity contribution in [3.05, 3.63) is 53.9 Å². The first kappa shape index (κ1) is 13.9. The first-order valence-electron chi connectivity index (χ1n) is 6.45. The Balaban J connectivity index is 1.91. The number of hydrogen-bond donors (Lipinski definition) is 3. The van der Waals surface area contributed by atoms with Crippen molar-refractivity contribution in [2.24, 2.45) is 0 Å². The molecule has 2 rings (SSSR count). The van der Waals surface area contributed by atoms with Gasteiger partial charge >= 0.3 is 0 Å². The molecule has 1 aromatic carbocycles. The highest BCUT2D eigenvalue weighted by Gasteiger charge is 2.04. The van der Waals surface area contributed by atoms with E-state index in [1.165, 1.54) is 5.56 Å². The molecular formula is C15H18N4O. The lowest BCUT2D eigenvalue weighted by Crippen LogP contribution is -2.19. The Hall–Kier alpha value is -2.56. The molecule has 0 spiro atoms. The highest BCUT2D eigenvalue weighted by atomic mass is 16.1. The standard InChI is InChI=1S/C15H18N4O/c1-17-15(20)14-10-13(7-9-19-14)18-8-6-11-2-4-12(16)5-3-11/h2-5,7,9-10H,6,8,16H2,1H3,(H,17,20)(H,18,19). The van der Waals surface area contributed by atoms with E-state index in [0.29, 0.717) is 5.69 Å². The zero-order valence-corrected chi connectivity index (χ0v) is 11.4. The molecule has 0 saturated heterocycles. The predicted octanol–water partition coefficient (Wildman–Crippen LogP) is 1.68. The molecule has 0 aliphatic rings. The number of nitrogens with one attached hydrogen (secondary N) is 2. The van der Waals surface area contributed by atoms with Gasteiger partial charge in [0, 0.05) is 31.2 Å². The maximum atomic E-state index is 11.5. The van der Waals surface area contributed by atoms with Crippen LogP contribution in [-0.4, -0.2) is 24.5 Å². The minimum Gasteiger partial charge on any atom is -0.399 e. The van der Waals surface area contributed by atoms with Crippen LogP contribution < -0.4 is 16.4 Å². The molecule has 2 aromatic rings. The number of pyridine rings is 1. The maximum Gasteiger partial charge on any atom is 0.269 e. The molecular weight excluding hydrogens is 252 g/mol. The van der Waals surface area contributed by atoms with E-state index < -0.39 is 0 Å². The average Bonchev–Trinajstić information content (AvgIpc) is 2.49. The van der Waals surface area contributed by atoms with E-state index in [0.717, 1.165) is 24.3 Å². The van der Waals surface area contributed by atoms with Crippen LogP contribution in [0.25, 0.3) is 0 Å². The van der Waals surface area contributed by atoms with Crippen molar-refractivity contribution in [2.75, 3.05) is 24.6 Å². The van der Waals surface area contributed by atoms with Crippen LogP contribution in [0.4, 0.5) is 11.4 Å². The van der Waals surface area contributed by atoms with Crippen molar-refractivity contribution in [3.8, 4) is 0 Å². The second-order valence-electron chi connectivity index (χ2n) is 4.43. The van der Waals surface area contributed by atoms with E-state index in [9.17, 15) is 4.79 Å². The number of benzene rings is 1. The number of carbonyl (C=O) groups excluding carboxylic acids is 1. The fourth-order valence-electron chi connectivity index (χ4n) is 1.83. The van der Waals surface area contributed by atoms with Gasteiger partial charge in [-0.15, -0.1) is 0 Å². The van der Waals surface area contributed by atoms with E-state index in [1.807, 2.05) is 30.3 Å². The smallest absolute Gasteiger partial charge is 0.269 e. The van der Waals surface area contributed by atoms with Gasteiger partial charge in [0.15, 0.2) is 0 Å². The molecule has 0 radical (unpaired) electrons. The molecule has 5 nitrogen and oxygen atoms in total. The summed E-state index contributed by atoms with van der Waals surface area (Å²) in [5.74, 6) is -0.188. The largest absolute Gasteiger partial charge is 0.399 e. The van der Waals surface area contributed by atoms with E-state index in [4.69, 9.17) is 5.73 Å². The van der Waals surface area contributed by atoms with Crippen LogP contribution in [0, 0.1) is 0 Å². The zero-order chi connectivity index (χ0) is 14.4. The van der Waals surface area contributed by atoms with E-state index in [2.05, 4.69) is 15.6 Å². The lowest BCUT2D eigenvalue weighted by molar-refractivity contribution is 0.0958.